The summed E-state index contributed by atoms with van der Waals surface area (Å²) in [7, 11) is 0. The zero-order valence-corrected chi connectivity index (χ0v) is 11.1. The van der Waals surface area contributed by atoms with Crippen LogP contribution in [0.5, 0.6) is 0 Å². The van der Waals surface area contributed by atoms with Gasteiger partial charge in [-0.3, -0.25) is 14.9 Å². The fourth-order valence-electron chi connectivity index (χ4n) is 2.41. The number of hydrogen-bond donors (Lipinski definition) is 0. The van der Waals surface area contributed by atoms with Gasteiger partial charge in [0.15, 0.2) is 0 Å². The molecule has 0 atom stereocenters. The molecular weight excluding hydrogens is 246 g/mol. The molecule has 0 unspecified atom stereocenters. The Kier molecular flexibility index (Phi) is 3.69. The fraction of sp³-hybridized carbons (Fsp3) is 0.462. The molecule has 1 aliphatic rings. The average Bonchev–Trinajstić information content (AvgIpc) is 2.38. The molecule has 102 valence electrons. The van der Waals surface area contributed by atoms with Crippen molar-refractivity contribution >= 4 is 17.3 Å². The van der Waals surface area contributed by atoms with Crippen LogP contribution in [-0.4, -0.2) is 41.9 Å². The summed E-state index contributed by atoms with van der Waals surface area (Å²) in [6.07, 6.45) is 0. The van der Waals surface area contributed by atoms with Crippen molar-refractivity contribution in [1.29, 1.82) is 0 Å². The van der Waals surface area contributed by atoms with Gasteiger partial charge in [-0.1, -0.05) is 6.07 Å². The lowest BCUT2D eigenvalue weighted by atomic mass is 10.1. The Morgan fingerprint density at radius 2 is 1.89 bits per heavy atom. The lowest BCUT2D eigenvalue weighted by molar-refractivity contribution is -0.385. The van der Waals surface area contributed by atoms with E-state index in [1.807, 2.05) is 6.07 Å². The maximum absolute atomic E-state index is 11.3. The number of carbonyl (C=O) groups is 1. The summed E-state index contributed by atoms with van der Waals surface area (Å²) in [6, 6.07) is 5.12. The SMILES string of the molecule is CC(=O)N1CCN(c2cccc([N+](=O)[O-])c2C)CC1. The van der Waals surface area contributed by atoms with Crippen LogP contribution in [0.2, 0.25) is 0 Å². The second-order valence-electron chi connectivity index (χ2n) is 4.67. The maximum Gasteiger partial charge on any atom is 0.274 e. The Balaban J connectivity index is 2.18. The van der Waals surface area contributed by atoms with Gasteiger partial charge in [0.1, 0.15) is 0 Å². The molecule has 0 bridgehead atoms. The van der Waals surface area contributed by atoms with Crippen LogP contribution in [0.25, 0.3) is 0 Å². The third-order valence-electron chi connectivity index (χ3n) is 3.54. The van der Waals surface area contributed by atoms with E-state index in [-0.39, 0.29) is 16.5 Å². The van der Waals surface area contributed by atoms with E-state index in [0.29, 0.717) is 31.7 Å². The predicted octanol–water partition coefficient (Wildman–Crippen LogP) is 1.57. The largest absolute Gasteiger partial charge is 0.368 e. The Labute approximate surface area is 111 Å². The second kappa shape index (κ2) is 5.26. The smallest absolute Gasteiger partial charge is 0.274 e. The average molecular weight is 263 g/mol. The molecule has 19 heavy (non-hydrogen) atoms. The van der Waals surface area contributed by atoms with Gasteiger partial charge in [-0.2, -0.15) is 0 Å². The molecule has 0 spiro atoms. The van der Waals surface area contributed by atoms with E-state index >= 15 is 0 Å². The van der Waals surface area contributed by atoms with Gasteiger partial charge in [0.05, 0.1) is 10.5 Å². The summed E-state index contributed by atoms with van der Waals surface area (Å²) >= 11 is 0. The van der Waals surface area contributed by atoms with Crippen LogP contribution in [0.15, 0.2) is 18.2 Å². The molecule has 1 saturated heterocycles. The van der Waals surface area contributed by atoms with Crippen LogP contribution in [0.4, 0.5) is 11.4 Å². The topological polar surface area (TPSA) is 66.7 Å². The minimum Gasteiger partial charge on any atom is -0.368 e. The van der Waals surface area contributed by atoms with E-state index in [9.17, 15) is 14.9 Å². The van der Waals surface area contributed by atoms with Gasteiger partial charge in [0.25, 0.3) is 5.69 Å². The van der Waals surface area contributed by atoms with Crippen LogP contribution >= 0.6 is 0 Å². The quantitative estimate of drug-likeness (QED) is 0.600. The lowest BCUT2D eigenvalue weighted by Gasteiger charge is -2.36. The molecule has 0 aliphatic carbocycles. The van der Waals surface area contributed by atoms with Gasteiger partial charge in [-0.15, -0.1) is 0 Å². The zero-order valence-electron chi connectivity index (χ0n) is 11.1. The van der Waals surface area contributed by atoms with Crippen LogP contribution in [0.1, 0.15) is 12.5 Å². The van der Waals surface area contributed by atoms with E-state index in [2.05, 4.69) is 4.90 Å². The number of piperazine rings is 1. The highest BCUT2D eigenvalue weighted by molar-refractivity contribution is 5.73. The summed E-state index contributed by atoms with van der Waals surface area (Å²) in [6.45, 7) is 6.08. The molecule has 1 fully saturated rings. The minimum atomic E-state index is -0.356. The molecule has 1 aromatic carbocycles. The molecule has 0 aromatic heterocycles. The van der Waals surface area contributed by atoms with Crippen LogP contribution in [-0.2, 0) is 4.79 Å². The number of nitro benzene ring substituents is 1. The van der Waals surface area contributed by atoms with E-state index in [4.69, 9.17) is 0 Å². The van der Waals surface area contributed by atoms with Crippen molar-refractivity contribution in [2.75, 3.05) is 31.1 Å². The van der Waals surface area contributed by atoms with Crippen molar-refractivity contribution in [2.24, 2.45) is 0 Å². The van der Waals surface area contributed by atoms with Crippen LogP contribution in [0, 0.1) is 17.0 Å². The van der Waals surface area contributed by atoms with Crippen molar-refractivity contribution in [3.63, 3.8) is 0 Å². The third kappa shape index (κ3) is 2.67. The van der Waals surface area contributed by atoms with Gasteiger partial charge in [-0.25, -0.2) is 0 Å². The first-order chi connectivity index (χ1) is 9.00. The number of benzene rings is 1. The number of anilines is 1. The number of amides is 1. The minimum absolute atomic E-state index is 0.0791. The van der Waals surface area contributed by atoms with Gasteiger partial charge < -0.3 is 9.80 Å². The van der Waals surface area contributed by atoms with Crippen molar-refractivity contribution in [3.05, 3.63) is 33.9 Å². The monoisotopic (exact) mass is 263 g/mol. The van der Waals surface area contributed by atoms with Crippen molar-refractivity contribution in [2.45, 2.75) is 13.8 Å². The molecule has 1 amide bonds. The molecule has 0 radical (unpaired) electrons. The summed E-state index contributed by atoms with van der Waals surface area (Å²) in [5, 5.41) is 10.9. The molecular formula is C13H17N3O3. The predicted molar refractivity (Wildman–Crippen MR) is 72.3 cm³/mol. The maximum atomic E-state index is 11.3. The number of nitrogens with zero attached hydrogens (tertiary/aromatic N) is 3. The normalized spacial score (nSPS) is 15.5. The summed E-state index contributed by atoms with van der Waals surface area (Å²) in [5.41, 5.74) is 1.72. The lowest BCUT2D eigenvalue weighted by Crippen LogP contribution is -2.48. The molecule has 6 nitrogen and oxygen atoms in total. The first-order valence-electron chi connectivity index (χ1n) is 6.25. The highest BCUT2D eigenvalue weighted by atomic mass is 16.6. The Bertz CT molecular complexity index is 508. The standard InChI is InChI=1S/C13H17N3O3/c1-10-12(4-3-5-13(10)16(18)19)15-8-6-14(7-9-15)11(2)17/h3-5H,6-9H2,1-2H3. The van der Waals surface area contributed by atoms with Gasteiger partial charge in [-0.05, 0) is 13.0 Å². The molecule has 0 saturated carbocycles. The first-order valence-corrected chi connectivity index (χ1v) is 6.25. The molecule has 1 heterocycles. The molecule has 0 N–H and O–H groups in total. The number of carbonyl (C=O) groups excluding carboxylic acids is 1. The number of hydrogen-bond acceptors (Lipinski definition) is 4. The first kappa shape index (κ1) is 13.3. The highest BCUT2D eigenvalue weighted by Gasteiger charge is 2.22. The number of rotatable bonds is 2. The van der Waals surface area contributed by atoms with E-state index < -0.39 is 0 Å². The molecule has 1 aromatic rings. The van der Waals surface area contributed by atoms with Crippen molar-refractivity contribution in [1.82, 2.24) is 4.90 Å². The van der Waals surface area contributed by atoms with Gasteiger partial charge in [0.2, 0.25) is 5.91 Å². The van der Waals surface area contributed by atoms with Crippen LogP contribution in [0.3, 0.4) is 0 Å². The van der Waals surface area contributed by atoms with E-state index in [1.54, 1.807) is 24.8 Å². The molecule has 6 heteroatoms. The molecule has 1 aliphatic heterocycles. The van der Waals surface area contributed by atoms with E-state index in [1.165, 1.54) is 6.07 Å². The third-order valence-corrected chi connectivity index (χ3v) is 3.54. The number of nitro groups is 1. The Morgan fingerprint density at radius 3 is 2.42 bits per heavy atom. The van der Waals surface area contributed by atoms with Crippen molar-refractivity contribution in [3.8, 4) is 0 Å². The van der Waals surface area contributed by atoms with Gasteiger partial charge in [0, 0.05) is 44.9 Å². The van der Waals surface area contributed by atoms with Gasteiger partial charge >= 0.3 is 0 Å². The Hall–Kier alpha value is -2.11. The highest BCUT2D eigenvalue weighted by Crippen LogP contribution is 2.28. The van der Waals surface area contributed by atoms with Crippen LogP contribution < -0.4 is 4.90 Å². The summed E-state index contributed by atoms with van der Waals surface area (Å²) in [5.74, 6) is 0.0791. The molecule has 2 rings (SSSR count). The Morgan fingerprint density at radius 1 is 1.26 bits per heavy atom. The van der Waals surface area contributed by atoms with Crippen molar-refractivity contribution < 1.29 is 9.72 Å². The fourth-order valence-corrected chi connectivity index (χ4v) is 2.41. The zero-order chi connectivity index (χ0) is 14.0. The summed E-state index contributed by atoms with van der Waals surface area (Å²) < 4.78 is 0. The summed E-state index contributed by atoms with van der Waals surface area (Å²) in [4.78, 5) is 25.7. The van der Waals surface area contributed by atoms with E-state index in [0.717, 1.165) is 5.69 Å². The second-order valence-corrected chi connectivity index (χ2v) is 4.67.